The molecule has 1 N–H and O–H groups in total. The molecule has 0 aromatic carbocycles. The number of carbonyl (C=O) groups is 1. The molecule has 5 heteroatoms. The van der Waals surface area contributed by atoms with Crippen LogP contribution in [0.4, 0.5) is 0 Å². The van der Waals surface area contributed by atoms with Gasteiger partial charge in [0.2, 0.25) is 0 Å². The first-order valence-corrected chi connectivity index (χ1v) is 5.93. The highest BCUT2D eigenvalue weighted by Crippen LogP contribution is 2.37. The maximum atomic E-state index is 11.0. The van der Waals surface area contributed by atoms with Crippen LogP contribution in [-0.4, -0.2) is 20.6 Å². The maximum Gasteiger partial charge on any atom is 0.312 e. The lowest BCUT2D eigenvalue weighted by Gasteiger charge is -2.01. The molecule has 2 aromatic rings. The van der Waals surface area contributed by atoms with Crippen LogP contribution >= 0.6 is 11.3 Å². The molecule has 0 aliphatic heterocycles. The van der Waals surface area contributed by atoms with Crippen LogP contribution in [0.3, 0.4) is 0 Å². The van der Waals surface area contributed by atoms with Crippen molar-refractivity contribution in [1.82, 2.24) is 9.55 Å². The van der Waals surface area contributed by atoms with Crippen molar-refractivity contribution in [1.29, 1.82) is 0 Å². The van der Waals surface area contributed by atoms with Crippen LogP contribution in [-0.2, 0) is 11.2 Å². The Morgan fingerprint density at radius 2 is 2.25 bits per heavy atom. The van der Waals surface area contributed by atoms with Gasteiger partial charge in [0.1, 0.15) is 5.92 Å². The number of carboxylic acids is 1. The topological polar surface area (TPSA) is 55.1 Å². The van der Waals surface area contributed by atoms with E-state index in [0.717, 1.165) is 22.1 Å². The second-order valence-electron chi connectivity index (χ2n) is 3.82. The average Bonchev–Trinajstić information content (AvgIpc) is 2.92. The Morgan fingerprint density at radius 3 is 2.94 bits per heavy atom. The number of aryl methyl sites for hydroxylation is 1. The minimum atomic E-state index is -0.761. The molecule has 1 unspecified atom stereocenters. The van der Waals surface area contributed by atoms with Crippen molar-refractivity contribution in [3.63, 3.8) is 0 Å². The van der Waals surface area contributed by atoms with Crippen molar-refractivity contribution in [2.24, 2.45) is 0 Å². The molecular weight excluding hydrogens is 224 g/mol. The van der Waals surface area contributed by atoms with E-state index in [0.29, 0.717) is 6.42 Å². The van der Waals surface area contributed by atoms with E-state index in [1.807, 2.05) is 29.1 Å². The van der Waals surface area contributed by atoms with Crippen LogP contribution in [0.15, 0.2) is 24.5 Å². The summed E-state index contributed by atoms with van der Waals surface area (Å²) in [6, 6.07) is 3.86. The molecule has 2 heterocycles. The molecule has 0 saturated heterocycles. The Labute approximate surface area is 96.2 Å². The number of thiazole rings is 1. The minimum Gasteiger partial charge on any atom is -0.481 e. The van der Waals surface area contributed by atoms with Gasteiger partial charge < -0.3 is 9.67 Å². The van der Waals surface area contributed by atoms with Crippen LogP contribution in [0.25, 0.3) is 5.13 Å². The summed E-state index contributed by atoms with van der Waals surface area (Å²) in [5.41, 5.74) is 0.765. The predicted molar refractivity (Wildman–Crippen MR) is 60.1 cm³/mol. The second kappa shape index (κ2) is 3.45. The van der Waals surface area contributed by atoms with Crippen molar-refractivity contribution in [3.8, 4) is 5.13 Å². The Hall–Kier alpha value is -1.62. The molecule has 82 valence electrons. The van der Waals surface area contributed by atoms with Crippen LogP contribution in [0, 0.1) is 0 Å². The Kier molecular flexibility index (Phi) is 2.07. The summed E-state index contributed by atoms with van der Waals surface area (Å²) in [5.74, 6) is -1.17. The van der Waals surface area contributed by atoms with E-state index < -0.39 is 11.9 Å². The van der Waals surface area contributed by atoms with Gasteiger partial charge in [0, 0.05) is 17.3 Å². The zero-order chi connectivity index (χ0) is 11.1. The number of aromatic nitrogens is 2. The van der Waals surface area contributed by atoms with Crippen molar-refractivity contribution in [2.45, 2.75) is 18.8 Å². The highest BCUT2D eigenvalue weighted by molar-refractivity contribution is 7.14. The highest BCUT2D eigenvalue weighted by atomic mass is 32.1. The summed E-state index contributed by atoms with van der Waals surface area (Å²) in [6.07, 6.45) is 5.37. The van der Waals surface area contributed by atoms with Gasteiger partial charge in [-0.3, -0.25) is 4.79 Å². The molecule has 1 atom stereocenters. The summed E-state index contributed by atoms with van der Waals surface area (Å²) in [7, 11) is 0. The van der Waals surface area contributed by atoms with Gasteiger partial charge in [0.25, 0.3) is 0 Å². The summed E-state index contributed by atoms with van der Waals surface area (Å²) in [5, 5.41) is 9.92. The zero-order valence-corrected chi connectivity index (χ0v) is 9.28. The fourth-order valence-corrected chi connectivity index (χ4v) is 3.13. The number of aliphatic carboxylic acids is 1. The smallest absolute Gasteiger partial charge is 0.312 e. The van der Waals surface area contributed by atoms with Crippen molar-refractivity contribution in [3.05, 3.63) is 35.1 Å². The number of hydrogen-bond donors (Lipinski definition) is 1. The first-order chi connectivity index (χ1) is 7.75. The van der Waals surface area contributed by atoms with Crippen LogP contribution in [0.1, 0.15) is 22.9 Å². The normalized spacial score (nSPS) is 18.6. The van der Waals surface area contributed by atoms with E-state index in [2.05, 4.69) is 4.98 Å². The number of rotatable bonds is 2. The standard InChI is InChI=1S/C11H10N2O2S/c14-10(15)7-3-4-8-9(7)12-11(16-8)13-5-1-2-6-13/h1-2,5-7H,3-4H2,(H,14,15). The number of hydrogen-bond acceptors (Lipinski definition) is 3. The lowest BCUT2D eigenvalue weighted by molar-refractivity contribution is -0.138. The molecule has 1 aliphatic rings. The quantitative estimate of drug-likeness (QED) is 0.865. The lowest BCUT2D eigenvalue weighted by atomic mass is 10.1. The van der Waals surface area contributed by atoms with Gasteiger partial charge in [-0.1, -0.05) is 0 Å². The Balaban J connectivity index is 2.02. The van der Waals surface area contributed by atoms with Crippen molar-refractivity contribution >= 4 is 17.3 Å². The molecule has 1 aliphatic carbocycles. The van der Waals surface area contributed by atoms with E-state index in [1.54, 1.807) is 11.3 Å². The monoisotopic (exact) mass is 234 g/mol. The summed E-state index contributed by atoms with van der Waals surface area (Å²) in [6.45, 7) is 0. The predicted octanol–water partition coefficient (Wildman–Crippen LogP) is 2.05. The first-order valence-electron chi connectivity index (χ1n) is 5.11. The van der Waals surface area contributed by atoms with Crippen LogP contribution in [0.2, 0.25) is 0 Å². The molecule has 16 heavy (non-hydrogen) atoms. The fourth-order valence-electron chi connectivity index (χ4n) is 2.03. The molecule has 0 spiro atoms. The molecule has 0 bridgehead atoms. The average molecular weight is 234 g/mol. The molecule has 3 rings (SSSR count). The number of nitrogens with zero attached hydrogens (tertiary/aromatic N) is 2. The molecule has 0 fully saturated rings. The van der Waals surface area contributed by atoms with E-state index in [-0.39, 0.29) is 0 Å². The van der Waals surface area contributed by atoms with Crippen LogP contribution in [0.5, 0.6) is 0 Å². The van der Waals surface area contributed by atoms with E-state index >= 15 is 0 Å². The Morgan fingerprint density at radius 1 is 1.50 bits per heavy atom. The third-order valence-corrected chi connectivity index (χ3v) is 3.97. The number of fused-ring (bicyclic) bond motifs is 1. The third kappa shape index (κ3) is 1.36. The van der Waals surface area contributed by atoms with Gasteiger partial charge in [-0.15, -0.1) is 11.3 Å². The minimum absolute atomic E-state index is 0.407. The Bertz CT molecular complexity index is 530. The van der Waals surface area contributed by atoms with Gasteiger partial charge >= 0.3 is 5.97 Å². The van der Waals surface area contributed by atoms with Crippen molar-refractivity contribution < 1.29 is 9.90 Å². The zero-order valence-electron chi connectivity index (χ0n) is 8.46. The third-order valence-electron chi connectivity index (χ3n) is 2.83. The van der Waals surface area contributed by atoms with Crippen LogP contribution < -0.4 is 0 Å². The fraction of sp³-hybridized carbons (Fsp3) is 0.273. The molecule has 0 amide bonds. The van der Waals surface area contributed by atoms with E-state index in [4.69, 9.17) is 5.11 Å². The molecule has 0 radical (unpaired) electrons. The first kappa shape index (κ1) is 9.59. The SMILES string of the molecule is O=C(O)C1CCc2sc(-n3cccc3)nc21. The summed E-state index contributed by atoms with van der Waals surface area (Å²) in [4.78, 5) is 16.6. The van der Waals surface area contributed by atoms with E-state index in [1.165, 1.54) is 0 Å². The maximum absolute atomic E-state index is 11.0. The summed E-state index contributed by atoms with van der Waals surface area (Å²) >= 11 is 1.59. The molecule has 4 nitrogen and oxygen atoms in total. The number of carboxylic acid groups (broad SMARTS) is 1. The molecule has 2 aromatic heterocycles. The molecular formula is C11H10N2O2S. The van der Waals surface area contributed by atoms with Gasteiger partial charge in [-0.2, -0.15) is 0 Å². The van der Waals surface area contributed by atoms with E-state index in [9.17, 15) is 4.79 Å². The molecule has 0 saturated carbocycles. The largest absolute Gasteiger partial charge is 0.481 e. The highest BCUT2D eigenvalue weighted by Gasteiger charge is 2.32. The lowest BCUT2D eigenvalue weighted by Crippen LogP contribution is -2.08. The van der Waals surface area contributed by atoms with Crippen molar-refractivity contribution in [2.75, 3.05) is 0 Å². The van der Waals surface area contributed by atoms with Gasteiger partial charge in [-0.25, -0.2) is 4.98 Å². The van der Waals surface area contributed by atoms with Gasteiger partial charge in [0.15, 0.2) is 5.13 Å². The van der Waals surface area contributed by atoms with Gasteiger partial charge in [-0.05, 0) is 25.0 Å². The second-order valence-corrected chi connectivity index (χ2v) is 4.89. The van der Waals surface area contributed by atoms with Gasteiger partial charge in [0.05, 0.1) is 5.69 Å². The summed E-state index contributed by atoms with van der Waals surface area (Å²) < 4.78 is 1.92.